The van der Waals surface area contributed by atoms with Crippen LogP contribution in [-0.4, -0.2) is 42.3 Å². The van der Waals surface area contributed by atoms with Crippen molar-refractivity contribution in [2.75, 3.05) is 20.2 Å². The molecule has 2 aliphatic rings. The van der Waals surface area contributed by atoms with E-state index in [1.807, 2.05) is 12.1 Å². The van der Waals surface area contributed by atoms with E-state index in [1.165, 1.54) is 25.7 Å². The predicted molar refractivity (Wildman–Crippen MR) is 79.1 cm³/mol. The molecule has 4 heteroatoms. The number of phenols is 1. The number of hydrogen-bond donors (Lipinski definition) is 2. The van der Waals surface area contributed by atoms with Gasteiger partial charge in [-0.15, -0.1) is 0 Å². The minimum atomic E-state index is 0.292. The van der Waals surface area contributed by atoms with E-state index in [2.05, 4.69) is 10.2 Å². The second-order valence-electron chi connectivity index (χ2n) is 5.85. The van der Waals surface area contributed by atoms with Crippen molar-refractivity contribution in [3.63, 3.8) is 0 Å². The Morgan fingerprint density at radius 2 is 2.25 bits per heavy atom. The molecule has 0 aliphatic carbocycles. The van der Waals surface area contributed by atoms with E-state index >= 15 is 0 Å². The summed E-state index contributed by atoms with van der Waals surface area (Å²) in [5.41, 5.74) is 0.967. The number of nitrogens with zero attached hydrogens (tertiary/aromatic N) is 1. The van der Waals surface area contributed by atoms with Crippen LogP contribution in [0, 0.1) is 0 Å². The normalized spacial score (nSPS) is 27.1. The number of hydrogen-bond acceptors (Lipinski definition) is 4. The minimum absolute atomic E-state index is 0.292. The first kappa shape index (κ1) is 13.7. The molecule has 0 amide bonds. The van der Waals surface area contributed by atoms with Gasteiger partial charge in [-0.1, -0.05) is 12.1 Å². The summed E-state index contributed by atoms with van der Waals surface area (Å²) in [6.45, 7) is 3.09. The van der Waals surface area contributed by atoms with Crippen molar-refractivity contribution in [3.05, 3.63) is 23.8 Å². The Kier molecular flexibility index (Phi) is 4.13. The molecule has 20 heavy (non-hydrogen) atoms. The lowest BCUT2D eigenvalue weighted by Gasteiger charge is -2.29. The van der Waals surface area contributed by atoms with Crippen molar-refractivity contribution in [2.24, 2.45) is 0 Å². The van der Waals surface area contributed by atoms with Gasteiger partial charge in [0.05, 0.1) is 7.11 Å². The first-order valence-corrected chi connectivity index (χ1v) is 7.62. The third kappa shape index (κ3) is 2.63. The molecule has 2 atom stereocenters. The number of ether oxygens (including phenoxy) is 1. The van der Waals surface area contributed by atoms with Crippen LogP contribution in [0.15, 0.2) is 18.2 Å². The van der Waals surface area contributed by atoms with E-state index in [9.17, 15) is 5.11 Å². The largest absolute Gasteiger partial charge is 0.504 e. The van der Waals surface area contributed by atoms with E-state index in [0.717, 1.165) is 25.2 Å². The van der Waals surface area contributed by atoms with Crippen molar-refractivity contribution in [2.45, 2.75) is 44.3 Å². The Morgan fingerprint density at radius 1 is 1.35 bits per heavy atom. The highest BCUT2D eigenvalue weighted by Crippen LogP contribution is 2.33. The van der Waals surface area contributed by atoms with Crippen LogP contribution < -0.4 is 10.1 Å². The van der Waals surface area contributed by atoms with Crippen molar-refractivity contribution in [3.8, 4) is 11.5 Å². The van der Waals surface area contributed by atoms with E-state index in [4.69, 9.17) is 4.74 Å². The van der Waals surface area contributed by atoms with Crippen molar-refractivity contribution in [1.29, 1.82) is 0 Å². The summed E-state index contributed by atoms with van der Waals surface area (Å²) >= 11 is 0. The summed E-state index contributed by atoms with van der Waals surface area (Å²) in [5.74, 6) is 0.859. The third-order valence-electron chi connectivity index (χ3n) is 4.65. The standard InChI is InChI=1S/C16H24N2O2/c1-20-15-8-2-5-12(16(15)19)11-18-10-4-7-14(18)13-6-3-9-17-13/h2,5,8,13-14,17,19H,3-4,6-7,9-11H2,1H3. The number of phenolic OH excluding ortho intramolecular Hbond substituents is 1. The van der Waals surface area contributed by atoms with Gasteiger partial charge in [-0.2, -0.15) is 0 Å². The quantitative estimate of drug-likeness (QED) is 0.884. The number of para-hydroxylation sites is 1. The predicted octanol–water partition coefficient (Wildman–Crippen LogP) is 2.12. The molecule has 110 valence electrons. The zero-order valence-corrected chi connectivity index (χ0v) is 12.1. The van der Waals surface area contributed by atoms with Gasteiger partial charge < -0.3 is 15.2 Å². The summed E-state index contributed by atoms with van der Waals surface area (Å²) in [6, 6.07) is 6.99. The third-order valence-corrected chi connectivity index (χ3v) is 4.65. The van der Waals surface area contributed by atoms with Crippen LogP contribution in [0.3, 0.4) is 0 Å². The van der Waals surface area contributed by atoms with Gasteiger partial charge in [-0.25, -0.2) is 0 Å². The molecule has 0 spiro atoms. The van der Waals surface area contributed by atoms with Gasteiger partial charge in [0.1, 0.15) is 0 Å². The molecule has 2 unspecified atom stereocenters. The molecule has 2 aliphatic heterocycles. The van der Waals surface area contributed by atoms with Gasteiger partial charge >= 0.3 is 0 Å². The zero-order chi connectivity index (χ0) is 13.9. The van der Waals surface area contributed by atoms with Crippen LogP contribution in [0.1, 0.15) is 31.2 Å². The monoisotopic (exact) mass is 276 g/mol. The summed E-state index contributed by atoms with van der Waals surface area (Å²) < 4.78 is 5.20. The minimum Gasteiger partial charge on any atom is -0.504 e. The highest BCUT2D eigenvalue weighted by molar-refractivity contribution is 5.45. The molecule has 2 fully saturated rings. The Hall–Kier alpha value is -1.26. The van der Waals surface area contributed by atoms with Gasteiger partial charge in [0, 0.05) is 24.2 Å². The molecular weight excluding hydrogens is 252 g/mol. The molecule has 2 saturated heterocycles. The molecule has 0 bridgehead atoms. The van der Waals surface area contributed by atoms with Gasteiger partial charge in [-0.05, 0) is 44.8 Å². The maximum atomic E-state index is 10.2. The van der Waals surface area contributed by atoms with Gasteiger partial charge in [0.25, 0.3) is 0 Å². The van der Waals surface area contributed by atoms with Gasteiger partial charge in [0.2, 0.25) is 0 Å². The lowest BCUT2D eigenvalue weighted by Crippen LogP contribution is -2.43. The second-order valence-corrected chi connectivity index (χ2v) is 5.85. The van der Waals surface area contributed by atoms with Crippen molar-refractivity contribution < 1.29 is 9.84 Å². The number of likely N-dealkylation sites (tertiary alicyclic amines) is 1. The maximum absolute atomic E-state index is 10.2. The van der Waals surface area contributed by atoms with Crippen molar-refractivity contribution >= 4 is 0 Å². The summed E-state index contributed by atoms with van der Waals surface area (Å²) in [7, 11) is 1.60. The molecular formula is C16H24N2O2. The van der Waals surface area contributed by atoms with E-state index in [-0.39, 0.29) is 0 Å². The van der Waals surface area contributed by atoms with Crippen molar-refractivity contribution in [1.82, 2.24) is 10.2 Å². The molecule has 4 nitrogen and oxygen atoms in total. The SMILES string of the molecule is COc1cccc(CN2CCCC2C2CCCN2)c1O. The topological polar surface area (TPSA) is 44.7 Å². The fourth-order valence-electron chi connectivity index (χ4n) is 3.62. The number of aromatic hydroxyl groups is 1. The van der Waals surface area contributed by atoms with Crippen LogP contribution >= 0.6 is 0 Å². The molecule has 3 rings (SSSR count). The van der Waals surface area contributed by atoms with Crippen LogP contribution in [0.25, 0.3) is 0 Å². The number of nitrogens with one attached hydrogen (secondary N) is 1. The summed E-state index contributed by atoms with van der Waals surface area (Å²) in [5, 5.41) is 13.9. The second kappa shape index (κ2) is 6.02. The number of rotatable bonds is 4. The highest BCUT2D eigenvalue weighted by Gasteiger charge is 2.33. The zero-order valence-electron chi connectivity index (χ0n) is 12.1. The molecule has 0 aromatic heterocycles. The summed E-state index contributed by atoms with van der Waals surface area (Å²) in [4.78, 5) is 2.51. The maximum Gasteiger partial charge on any atom is 0.162 e. The Morgan fingerprint density at radius 3 is 3.00 bits per heavy atom. The molecule has 2 heterocycles. The van der Waals surface area contributed by atoms with Crippen LogP contribution in [0.4, 0.5) is 0 Å². The number of methoxy groups -OCH3 is 1. The fourth-order valence-corrected chi connectivity index (χ4v) is 3.62. The van der Waals surface area contributed by atoms with Gasteiger partial charge in [-0.3, -0.25) is 4.90 Å². The van der Waals surface area contributed by atoms with E-state index < -0.39 is 0 Å². The van der Waals surface area contributed by atoms with Crippen LogP contribution in [0.2, 0.25) is 0 Å². The lowest BCUT2D eigenvalue weighted by molar-refractivity contribution is 0.204. The number of benzene rings is 1. The molecule has 2 N–H and O–H groups in total. The highest BCUT2D eigenvalue weighted by atomic mass is 16.5. The molecule has 0 saturated carbocycles. The smallest absolute Gasteiger partial charge is 0.162 e. The average molecular weight is 276 g/mol. The fraction of sp³-hybridized carbons (Fsp3) is 0.625. The van der Waals surface area contributed by atoms with E-state index in [1.54, 1.807) is 13.2 Å². The lowest BCUT2D eigenvalue weighted by atomic mass is 10.0. The molecule has 1 aromatic carbocycles. The summed E-state index contributed by atoms with van der Waals surface area (Å²) in [6.07, 6.45) is 5.10. The molecule has 0 radical (unpaired) electrons. The van der Waals surface area contributed by atoms with Gasteiger partial charge in [0.15, 0.2) is 11.5 Å². The molecule has 1 aromatic rings. The average Bonchev–Trinajstić information content (AvgIpc) is 3.11. The first-order chi connectivity index (χ1) is 9.79. The van der Waals surface area contributed by atoms with Crippen LogP contribution in [0.5, 0.6) is 11.5 Å². The Balaban J connectivity index is 1.73. The Labute approximate surface area is 120 Å². The first-order valence-electron chi connectivity index (χ1n) is 7.62. The van der Waals surface area contributed by atoms with Crippen LogP contribution in [-0.2, 0) is 6.54 Å². The van der Waals surface area contributed by atoms with E-state index in [0.29, 0.717) is 23.6 Å². The Bertz CT molecular complexity index is 458.